The minimum atomic E-state index is -3.13. The molecule has 1 aliphatic heterocycles. The van der Waals surface area contributed by atoms with Gasteiger partial charge in [-0.2, -0.15) is 0 Å². The van der Waals surface area contributed by atoms with Gasteiger partial charge in [-0.15, -0.1) is 0 Å². The second-order valence-corrected chi connectivity index (χ2v) is 9.55. The van der Waals surface area contributed by atoms with Crippen LogP contribution in [0.15, 0.2) is 42.5 Å². The van der Waals surface area contributed by atoms with E-state index in [1.54, 1.807) is 20.1 Å². The fraction of sp³-hybridized carbons (Fsp3) is 0.333. The Hall–Kier alpha value is -2.87. The number of carbonyl (C=O) groups excluding carboxylic acids is 2. The molecule has 0 unspecified atom stereocenters. The summed E-state index contributed by atoms with van der Waals surface area (Å²) in [5, 5.41) is 4.66. The topological polar surface area (TPSA) is 98.8 Å². The van der Waals surface area contributed by atoms with Crippen LogP contribution in [-0.2, 0) is 24.2 Å². The third-order valence-corrected chi connectivity index (χ3v) is 6.68. The number of ether oxygens (including phenoxy) is 2. The van der Waals surface area contributed by atoms with E-state index in [1.807, 2.05) is 36.4 Å². The van der Waals surface area contributed by atoms with Crippen LogP contribution < -0.4 is 10.1 Å². The number of hydrogen-bond acceptors (Lipinski definition) is 6. The lowest BCUT2D eigenvalue weighted by Gasteiger charge is -2.23. The van der Waals surface area contributed by atoms with E-state index in [9.17, 15) is 18.0 Å². The molecule has 2 aromatic rings. The number of rotatable bonds is 6. The Labute approximate surface area is 169 Å². The molecule has 1 heterocycles. The van der Waals surface area contributed by atoms with Gasteiger partial charge in [0.1, 0.15) is 5.75 Å². The SMILES string of the molecule is COc1ccc2cc(/C=C/C(=O)OCC(=O)N[C@]3(C)CCS(=O)(=O)C3)ccc2c1. The van der Waals surface area contributed by atoms with Gasteiger partial charge < -0.3 is 14.8 Å². The van der Waals surface area contributed by atoms with Crippen molar-refractivity contribution in [1.29, 1.82) is 0 Å². The van der Waals surface area contributed by atoms with E-state index in [2.05, 4.69) is 5.32 Å². The lowest BCUT2D eigenvalue weighted by molar-refractivity contribution is -0.144. The number of fused-ring (bicyclic) bond motifs is 1. The molecule has 2 aromatic carbocycles. The number of nitrogens with one attached hydrogen (secondary N) is 1. The minimum absolute atomic E-state index is 0.0465. The van der Waals surface area contributed by atoms with E-state index in [0.717, 1.165) is 22.1 Å². The maximum absolute atomic E-state index is 12.0. The predicted octanol–water partition coefficient (Wildman–Crippen LogP) is 2.10. The maximum Gasteiger partial charge on any atom is 0.331 e. The Bertz CT molecular complexity index is 1080. The van der Waals surface area contributed by atoms with Gasteiger partial charge in [0.25, 0.3) is 5.91 Å². The van der Waals surface area contributed by atoms with Crippen molar-refractivity contribution in [3.63, 3.8) is 0 Å². The summed E-state index contributed by atoms with van der Waals surface area (Å²) in [6.07, 6.45) is 3.21. The van der Waals surface area contributed by atoms with Crippen molar-refractivity contribution in [2.45, 2.75) is 18.9 Å². The highest BCUT2D eigenvalue weighted by molar-refractivity contribution is 7.91. The molecular weight excluding hydrogens is 394 g/mol. The largest absolute Gasteiger partial charge is 0.497 e. The first kappa shape index (κ1) is 20.9. The van der Waals surface area contributed by atoms with Crippen molar-refractivity contribution in [3.8, 4) is 5.75 Å². The van der Waals surface area contributed by atoms with E-state index >= 15 is 0 Å². The Morgan fingerprint density at radius 2 is 1.90 bits per heavy atom. The number of methoxy groups -OCH3 is 1. The zero-order chi connectivity index (χ0) is 21.1. The molecule has 1 saturated heterocycles. The standard InChI is InChI=1S/C21H23NO6S/c1-21(9-10-29(25,26)14-21)22-19(23)13-28-20(24)8-4-15-3-5-17-12-18(27-2)7-6-16(17)11-15/h3-8,11-12H,9-10,13-14H2,1-2H3,(H,22,23)/b8-4+/t21-/m1/s1. The third kappa shape index (κ3) is 5.57. The lowest BCUT2D eigenvalue weighted by atomic mass is 10.0. The molecule has 0 saturated carbocycles. The average Bonchev–Trinajstić information content (AvgIpc) is 2.96. The molecule has 1 aliphatic rings. The zero-order valence-corrected chi connectivity index (χ0v) is 17.1. The van der Waals surface area contributed by atoms with E-state index in [4.69, 9.17) is 9.47 Å². The van der Waals surface area contributed by atoms with Crippen molar-refractivity contribution in [1.82, 2.24) is 5.32 Å². The average molecular weight is 417 g/mol. The molecule has 0 aliphatic carbocycles. The first-order valence-corrected chi connectivity index (χ1v) is 10.9. The van der Waals surface area contributed by atoms with Gasteiger partial charge >= 0.3 is 5.97 Å². The van der Waals surface area contributed by atoms with Crippen molar-refractivity contribution >= 4 is 38.6 Å². The second kappa shape index (κ2) is 8.24. The van der Waals surface area contributed by atoms with Crippen LogP contribution >= 0.6 is 0 Å². The van der Waals surface area contributed by atoms with Crippen molar-refractivity contribution in [2.75, 3.05) is 25.2 Å². The van der Waals surface area contributed by atoms with Crippen LogP contribution in [0.5, 0.6) is 5.75 Å². The number of hydrogen-bond donors (Lipinski definition) is 1. The summed E-state index contributed by atoms with van der Waals surface area (Å²) in [7, 11) is -1.52. The van der Waals surface area contributed by atoms with Crippen LogP contribution in [-0.4, -0.2) is 51.1 Å². The number of benzene rings is 2. The monoisotopic (exact) mass is 417 g/mol. The summed E-state index contributed by atoms with van der Waals surface area (Å²) in [6, 6.07) is 11.4. The normalized spacial score (nSPS) is 20.6. The lowest BCUT2D eigenvalue weighted by Crippen LogP contribution is -2.48. The highest BCUT2D eigenvalue weighted by Gasteiger charge is 2.39. The second-order valence-electron chi connectivity index (χ2n) is 7.36. The van der Waals surface area contributed by atoms with Crippen LogP contribution in [0.3, 0.4) is 0 Å². The van der Waals surface area contributed by atoms with E-state index in [-0.39, 0.29) is 11.5 Å². The van der Waals surface area contributed by atoms with Gasteiger partial charge in [-0.25, -0.2) is 13.2 Å². The van der Waals surface area contributed by atoms with Crippen molar-refractivity contribution in [3.05, 3.63) is 48.0 Å². The summed E-state index contributed by atoms with van der Waals surface area (Å²) in [4.78, 5) is 23.9. The fourth-order valence-electron chi connectivity index (χ4n) is 3.30. The number of amides is 1. The van der Waals surface area contributed by atoms with Gasteiger partial charge in [0.05, 0.1) is 24.2 Å². The number of sulfone groups is 1. The molecule has 29 heavy (non-hydrogen) atoms. The first-order chi connectivity index (χ1) is 13.7. The van der Waals surface area contributed by atoms with E-state index in [0.29, 0.717) is 6.42 Å². The fourth-order valence-corrected chi connectivity index (χ4v) is 5.40. The first-order valence-electron chi connectivity index (χ1n) is 9.12. The summed E-state index contributed by atoms with van der Waals surface area (Å²) in [5.74, 6) is -0.463. The molecule has 1 fully saturated rings. The Kier molecular flexibility index (Phi) is 5.93. The molecule has 0 spiro atoms. The molecule has 1 amide bonds. The van der Waals surface area contributed by atoms with Crippen LogP contribution in [0.1, 0.15) is 18.9 Å². The number of esters is 1. The zero-order valence-electron chi connectivity index (χ0n) is 16.3. The van der Waals surface area contributed by atoms with E-state index < -0.39 is 33.9 Å². The summed E-state index contributed by atoms with van der Waals surface area (Å²) in [6.45, 7) is 1.21. The maximum atomic E-state index is 12.0. The highest BCUT2D eigenvalue weighted by atomic mass is 32.2. The molecular formula is C21H23NO6S. The van der Waals surface area contributed by atoms with Gasteiger partial charge in [0.15, 0.2) is 16.4 Å². The molecule has 0 aromatic heterocycles. The van der Waals surface area contributed by atoms with Crippen LogP contribution in [0.2, 0.25) is 0 Å². The molecule has 8 heteroatoms. The molecule has 1 N–H and O–H groups in total. The molecule has 1 atom stereocenters. The van der Waals surface area contributed by atoms with E-state index in [1.165, 1.54) is 6.08 Å². The van der Waals surface area contributed by atoms with Gasteiger partial charge in [-0.05, 0) is 54.0 Å². The van der Waals surface area contributed by atoms with Gasteiger partial charge in [-0.3, -0.25) is 4.79 Å². The van der Waals surface area contributed by atoms with Gasteiger partial charge in [0, 0.05) is 6.08 Å². The van der Waals surface area contributed by atoms with Crippen LogP contribution in [0, 0.1) is 0 Å². The molecule has 7 nitrogen and oxygen atoms in total. The summed E-state index contributed by atoms with van der Waals surface area (Å²) >= 11 is 0. The van der Waals surface area contributed by atoms with Crippen molar-refractivity contribution < 1.29 is 27.5 Å². The molecule has 3 rings (SSSR count). The highest BCUT2D eigenvalue weighted by Crippen LogP contribution is 2.23. The van der Waals surface area contributed by atoms with Gasteiger partial charge in [-0.1, -0.05) is 18.2 Å². The Balaban J connectivity index is 1.53. The molecule has 0 radical (unpaired) electrons. The molecule has 154 valence electrons. The minimum Gasteiger partial charge on any atom is -0.497 e. The number of carbonyl (C=O) groups is 2. The molecule has 0 bridgehead atoms. The summed E-state index contributed by atoms with van der Waals surface area (Å²) in [5.41, 5.74) is -0.000828. The van der Waals surface area contributed by atoms with Crippen molar-refractivity contribution in [2.24, 2.45) is 0 Å². The van der Waals surface area contributed by atoms with Crippen LogP contribution in [0.4, 0.5) is 0 Å². The quantitative estimate of drug-likeness (QED) is 0.571. The Morgan fingerprint density at radius 1 is 1.17 bits per heavy atom. The van der Waals surface area contributed by atoms with Crippen LogP contribution in [0.25, 0.3) is 16.8 Å². The predicted molar refractivity (Wildman–Crippen MR) is 110 cm³/mol. The third-order valence-electron chi connectivity index (χ3n) is 4.77. The Morgan fingerprint density at radius 3 is 2.59 bits per heavy atom. The van der Waals surface area contributed by atoms with Gasteiger partial charge in [0.2, 0.25) is 0 Å². The summed E-state index contributed by atoms with van der Waals surface area (Å²) < 4.78 is 33.3. The smallest absolute Gasteiger partial charge is 0.331 e.